The van der Waals surface area contributed by atoms with Gasteiger partial charge in [0.2, 0.25) is 15.9 Å². The van der Waals surface area contributed by atoms with Gasteiger partial charge in [-0.25, -0.2) is 8.42 Å². The molecule has 0 radical (unpaired) electrons. The van der Waals surface area contributed by atoms with Crippen molar-refractivity contribution in [2.75, 3.05) is 0 Å². The highest BCUT2D eigenvalue weighted by Gasteiger charge is 2.28. The topological polar surface area (TPSA) is 127 Å². The molecule has 0 aliphatic carbocycles. The molecule has 1 amide bonds. The van der Waals surface area contributed by atoms with Crippen LogP contribution in [0.5, 0.6) is 0 Å². The zero-order valence-electron chi connectivity index (χ0n) is 10.8. The largest absolute Gasteiger partial charge is 0.480 e. The number of benzene rings is 1. The second-order valence-corrected chi connectivity index (χ2v) is 7.61. The molecule has 21 heavy (non-hydrogen) atoms. The molecule has 0 heterocycles. The van der Waals surface area contributed by atoms with Gasteiger partial charge in [0.25, 0.3) is 0 Å². The highest BCUT2D eigenvalue weighted by atomic mass is 79.9. The Morgan fingerprint density at radius 2 is 1.90 bits per heavy atom. The van der Waals surface area contributed by atoms with Gasteiger partial charge in [-0.2, -0.15) is 4.72 Å². The van der Waals surface area contributed by atoms with Crippen molar-refractivity contribution in [1.82, 2.24) is 4.72 Å². The summed E-state index contributed by atoms with van der Waals surface area (Å²) in [6, 6.07) is 1.28. The van der Waals surface area contributed by atoms with Crippen molar-refractivity contribution in [2.45, 2.75) is 24.3 Å². The summed E-state index contributed by atoms with van der Waals surface area (Å²) in [7, 11) is -4.14. The monoisotopic (exact) mass is 442 g/mol. The van der Waals surface area contributed by atoms with Crippen LogP contribution < -0.4 is 10.5 Å². The molecular weight excluding hydrogens is 432 g/mol. The number of nitrogens with one attached hydrogen (secondary N) is 1. The molecule has 1 aromatic rings. The van der Waals surface area contributed by atoms with E-state index in [-0.39, 0.29) is 9.37 Å². The predicted octanol–water partition coefficient (Wildman–Crippen LogP) is 1.13. The molecule has 0 spiro atoms. The summed E-state index contributed by atoms with van der Waals surface area (Å²) in [5, 5.41) is 8.94. The van der Waals surface area contributed by atoms with Crippen molar-refractivity contribution in [3.05, 3.63) is 26.6 Å². The maximum atomic E-state index is 12.2. The third-order valence-corrected chi connectivity index (χ3v) is 5.79. The molecule has 1 aromatic carbocycles. The predicted molar refractivity (Wildman–Crippen MR) is 82.1 cm³/mol. The van der Waals surface area contributed by atoms with Gasteiger partial charge >= 0.3 is 5.97 Å². The quantitative estimate of drug-likeness (QED) is 0.607. The Hall–Kier alpha value is -0.970. The van der Waals surface area contributed by atoms with Crippen LogP contribution in [0.4, 0.5) is 0 Å². The number of carbonyl (C=O) groups excluding carboxylic acids is 1. The van der Waals surface area contributed by atoms with E-state index in [4.69, 9.17) is 10.8 Å². The minimum Gasteiger partial charge on any atom is -0.480 e. The molecule has 0 aliphatic heterocycles. The first-order valence-corrected chi connectivity index (χ1v) is 8.60. The average molecular weight is 444 g/mol. The lowest BCUT2D eigenvalue weighted by Gasteiger charge is -2.15. The number of hydrogen-bond donors (Lipinski definition) is 3. The van der Waals surface area contributed by atoms with Crippen LogP contribution in [-0.4, -0.2) is 31.4 Å². The van der Waals surface area contributed by atoms with E-state index in [1.165, 1.54) is 6.07 Å². The fraction of sp³-hybridized carbons (Fsp3) is 0.273. The lowest BCUT2D eigenvalue weighted by Crippen LogP contribution is -2.43. The number of aliphatic carboxylic acids is 1. The smallest absolute Gasteiger partial charge is 0.322 e. The number of rotatable bonds is 6. The van der Waals surface area contributed by atoms with E-state index in [9.17, 15) is 18.0 Å². The first kappa shape index (κ1) is 18.1. The lowest BCUT2D eigenvalue weighted by atomic mass is 10.2. The number of halogens is 2. The Morgan fingerprint density at radius 1 is 1.33 bits per heavy atom. The molecule has 4 N–H and O–H groups in total. The fourth-order valence-electron chi connectivity index (χ4n) is 1.47. The molecule has 7 nitrogen and oxygen atoms in total. The van der Waals surface area contributed by atoms with Gasteiger partial charge in [-0.3, -0.25) is 9.59 Å². The number of carbonyl (C=O) groups is 2. The number of sulfonamides is 1. The van der Waals surface area contributed by atoms with E-state index >= 15 is 0 Å². The molecule has 0 bridgehead atoms. The first-order valence-electron chi connectivity index (χ1n) is 5.53. The number of amides is 1. The molecule has 1 atom stereocenters. The first-order chi connectivity index (χ1) is 9.54. The molecule has 1 rings (SSSR count). The van der Waals surface area contributed by atoms with E-state index in [0.29, 0.717) is 4.47 Å². The van der Waals surface area contributed by atoms with E-state index < -0.39 is 34.4 Å². The van der Waals surface area contributed by atoms with Crippen LogP contribution in [0.25, 0.3) is 0 Å². The summed E-state index contributed by atoms with van der Waals surface area (Å²) < 4.78 is 27.2. The molecule has 0 aliphatic rings. The maximum absolute atomic E-state index is 12.2. The van der Waals surface area contributed by atoms with Crippen LogP contribution in [0.1, 0.15) is 12.0 Å². The highest BCUT2D eigenvalue weighted by Crippen LogP contribution is 2.28. The summed E-state index contributed by atoms with van der Waals surface area (Å²) >= 11 is 6.32. The SMILES string of the molecule is Cc1cc(Br)c(S(=O)(=O)N[C@H](CC(N)=O)C(=O)O)cc1Br. The van der Waals surface area contributed by atoms with Crippen molar-refractivity contribution < 1.29 is 23.1 Å². The van der Waals surface area contributed by atoms with Crippen LogP contribution in [0.2, 0.25) is 0 Å². The Kier molecular flexibility index (Phi) is 5.91. The second-order valence-electron chi connectivity index (χ2n) is 4.21. The van der Waals surface area contributed by atoms with Gasteiger partial charge in [0, 0.05) is 8.95 Å². The van der Waals surface area contributed by atoms with Crippen LogP contribution >= 0.6 is 31.9 Å². The van der Waals surface area contributed by atoms with Gasteiger partial charge in [-0.1, -0.05) is 15.9 Å². The van der Waals surface area contributed by atoms with E-state index in [0.717, 1.165) is 5.56 Å². The van der Waals surface area contributed by atoms with Gasteiger partial charge in [0.1, 0.15) is 6.04 Å². The van der Waals surface area contributed by atoms with Gasteiger partial charge in [-0.15, -0.1) is 0 Å². The van der Waals surface area contributed by atoms with Crippen LogP contribution in [0.15, 0.2) is 26.0 Å². The Morgan fingerprint density at radius 3 is 2.38 bits per heavy atom. The number of primary amides is 1. The number of aryl methyl sites for hydroxylation is 1. The van der Waals surface area contributed by atoms with Crippen LogP contribution in [0.3, 0.4) is 0 Å². The Labute approximate surface area is 138 Å². The normalized spacial score (nSPS) is 12.9. The van der Waals surface area contributed by atoms with Crippen molar-refractivity contribution in [3.63, 3.8) is 0 Å². The zero-order valence-corrected chi connectivity index (χ0v) is 14.7. The van der Waals surface area contributed by atoms with Crippen molar-refractivity contribution in [1.29, 1.82) is 0 Å². The minimum absolute atomic E-state index is 0.143. The molecular formula is C11H12Br2N2O5S. The minimum atomic E-state index is -4.14. The third kappa shape index (κ3) is 4.77. The van der Waals surface area contributed by atoms with E-state index in [1.54, 1.807) is 13.0 Å². The molecule has 0 fully saturated rings. The number of carboxylic acids is 1. The molecule has 0 saturated heterocycles. The van der Waals surface area contributed by atoms with Gasteiger partial charge in [0.15, 0.2) is 0 Å². The zero-order chi connectivity index (χ0) is 16.4. The highest BCUT2D eigenvalue weighted by molar-refractivity contribution is 9.11. The molecule has 116 valence electrons. The number of carboxylic acid groups (broad SMARTS) is 1. The van der Waals surface area contributed by atoms with Gasteiger partial charge in [0.05, 0.1) is 11.3 Å². The summed E-state index contributed by atoms with van der Waals surface area (Å²) in [6.07, 6.45) is -0.640. The summed E-state index contributed by atoms with van der Waals surface area (Å²) in [5.74, 6) is -2.41. The molecule has 0 saturated carbocycles. The third-order valence-electron chi connectivity index (χ3n) is 2.50. The number of nitrogens with two attached hydrogens (primary N) is 1. The molecule has 10 heteroatoms. The summed E-state index contributed by atoms with van der Waals surface area (Å²) in [6.45, 7) is 1.77. The summed E-state index contributed by atoms with van der Waals surface area (Å²) in [4.78, 5) is 21.7. The second kappa shape index (κ2) is 6.86. The molecule has 0 aromatic heterocycles. The van der Waals surface area contributed by atoms with Crippen molar-refractivity contribution in [2.24, 2.45) is 5.73 Å². The Balaban J connectivity index is 3.19. The van der Waals surface area contributed by atoms with Crippen LogP contribution in [-0.2, 0) is 19.6 Å². The number of hydrogen-bond acceptors (Lipinski definition) is 4. The standard InChI is InChI=1S/C11H12Br2N2O5S/c1-5-2-7(13)9(3-6(5)12)21(19,20)15-8(11(17)18)4-10(14)16/h2-3,8,15H,4H2,1H3,(H2,14,16)(H,17,18)/t8-/m1/s1. The van der Waals surface area contributed by atoms with Gasteiger partial charge in [-0.05, 0) is 40.5 Å². The van der Waals surface area contributed by atoms with Crippen molar-refractivity contribution >= 4 is 53.8 Å². The maximum Gasteiger partial charge on any atom is 0.322 e. The van der Waals surface area contributed by atoms with Crippen LogP contribution in [0, 0.1) is 6.92 Å². The fourth-order valence-corrected chi connectivity index (χ4v) is 4.33. The van der Waals surface area contributed by atoms with Gasteiger partial charge < -0.3 is 10.8 Å². The van der Waals surface area contributed by atoms with Crippen molar-refractivity contribution in [3.8, 4) is 0 Å². The lowest BCUT2D eigenvalue weighted by molar-refractivity contribution is -0.140. The average Bonchev–Trinajstić information content (AvgIpc) is 2.31. The van der Waals surface area contributed by atoms with E-state index in [2.05, 4.69) is 31.9 Å². The van der Waals surface area contributed by atoms with E-state index in [1.807, 2.05) is 4.72 Å². The Bertz CT molecular complexity index is 690. The molecule has 0 unspecified atom stereocenters. The summed E-state index contributed by atoms with van der Waals surface area (Å²) in [5.41, 5.74) is 5.71.